The summed E-state index contributed by atoms with van der Waals surface area (Å²) in [6, 6.07) is 15.5. The molecule has 0 aliphatic carbocycles. The molecule has 2 aromatic carbocycles. The van der Waals surface area contributed by atoms with E-state index in [2.05, 4.69) is 0 Å². The van der Waals surface area contributed by atoms with Crippen LogP contribution in [-0.4, -0.2) is 13.2 Å². The Morgan fingerprint density at radius 1 is 0.600 bits per heavy atom. The van der Waals surface area contributed by atoms with Crippen LogP contribution < -0.4 is 20.9 Å². The highest BCUT2D eigenvalue weighted by Gasteiger charge is 1.97. The van der Waals surface area contributed by atoms with E-state index in [9.17, 15) is 0 Å². The van der Waals surface area contributed by atoms with E-state index in [0.717, 1.165) is 22.6 Å². The van der Waals surface area contributed by atoms with E-state index in [1.165, 1.54) is 0 Å². The van der Waals surface area contributed by atoms with Crippen molar-refractivity contribution in [2.24, 2.45) is 11.5 Å². The molecule has 4 nitrogen and oxygen atoms in total. The van der Waals surface area contributed by atoms with Crippen LogP contribution in [-0.2, 0) is 13.1 Å². The average molecular weight is 272 g/mol. The highest BCUT2D eigenvalue weighted by atomic mass is 16.5. The molecule has 4 heteroatoms. The third kappa shape index (κ3) is 4.26. The minimum absolute atomic E-state index is 0.501. The first kappa shape index (κ1) is 14.4. The van der Waals surface area contributed by atoms with E-state index in [1.807, 2.05) is 48.5 Å². The molecule has 0 bridgehead atoms. The first-order chi connectivity index (χ1) is 9.81. The van der Waals surface area contributed by atoms with Crippen LogP contribution in [0.25, 0.3) is 0 Å². The van der Waals surface area contributed by atoms with Crippen LogP contribution in [0.5, 0.6) is 11.5 Å². The smallest absolute Gasteiger partial charge is 0.122 e. The molecule has 0 saturated carbocycles. The van der Waals surface area contributed by atoms with Gasteiger partial charge in [-0.1, -0.05) is 24.3 Å². The van der Waals surface area contributed by atoms with Crippen LogP contribution >= 0.6 is 0 Å². The molecule has 0 amide bonds. The summed E-state index contributed by atoms with van der Waals surface area (Å²) >= 11 is 0. The molecule has 20 heavy (non-hydrogen) atoms. The summed E-state index contributed by atoms with van der Waals surface area (Å²) in [5.41, 5.74) is 13.3. The van der Waals surface area contributed by atoms with Gasteiger partial charge in [-0.25, -0.2) is 0 Å². The van der Waals surface area contributed by atoms with Crippen molar-refractivity contribution in [1.82, 2.24) is 0 Å². The monoisotopic (exact) mass is 272 g/mol. The van der Waals surface area contributed by atoms with Crippen LogP contribution in [0.4, 0.5) is 0 Å². The van der Waals surface area contributed by atoms with E-state index in [-0.39, 0.29) is 0 Å². The first-order valence-corrected chi connectivity index (χ1v) is 6.65. The van der Waals surface area contributed by atoms with Crippen molar-refractivity contribution < 1.29 is 9.47 Å². The summed E-state index contributed by atoms with van der Waals surface area (Å²) in [6.45, 7) is 2.09. The average Bonchev–Trinajstić information content (AvgIpc) is 2.53. The number of ether oxygens (including phenoxy) is 2. The van der Waals surface area contributed by atoms with Gasteiger partial charge in [0.25, 0.3) is 0 Å². The van der Waals surface area contributed by atoms with Crippen LogP contribution in [0.3, 0.4) is 0 Å². The molecule has 0 atom stereocenters. The third-order valence-corrected chi connectivity index (χ3v) is 2.94. The van der Waals surface area contributed by atoms with Crippen molar-refractivity contribution in [2.45, 2.75) is 13.1 Å². The molecule has 2 rings (SSSR count). The molecule has 0 aliphatic rings. The molecule has 0 aromatic heterocycles. The number of benzene rings is 2. The van der Waals surface area contributed by atoms with Gasteiger partial charge >= 0.3 is 0 Å². The number of nitrogens with two attached hydrogens (primary N) is 2. The second-order valence-electron chi connectivity index (χ2n) is 4.39. The van der Waals surface area contributed by atoms with Crippen molar-refractivity contribution in [1.29, 1.82) is 0 Å². The Morgan fingerprint density at radius 3 is 1.25 bits per heavy atom. The molecule has 0 heterocycles. The van der Waals surface area contributed by atoms with Crippen LogP contribution in [0.1, 0.15) is 11.1 Å². The summed E-state index contributed by atoms with van der Waals surface area (Å²) < 4.78 is 11.2. The zero-order chi connectivity index (χ0) is 14.2. The summed E-state index contributed by atoms with van der Waals surface area (Å²) in [5.74, 6) is 1.65. The Morgan fingerprint density at radius 2 is 0.950 bits per heavy atom. The minimum Gasteiger partial charge on any atom is -0.490 e. The predicted octanol–water partition coefficient (Wildman–Crippen LogP) is 2.06. The second kappa shape index (κ2) is 7.53. The van der Waals surface area contributed by atoms with Crippen LogP contribution in [0.15, 0.2) is 48.5 Å². The summed E-state index contributed by atoms with van der Waals surface area (Å²) in [4.78, 5) is 0. The molecule has 2 aromatic rings. The van der Waals surface area contributed by atoms with E-state index >= 15 is 0 Å². The fourth-order valence-corrected chi connectivity index (χ4v) is 1.76. The van der Waals surface area contributed by atoms with Gasteiger partial charge in [0.2, 0.25) is 0 Å². The molecule has 4 N–H and O–H groups in total. The molecular formula is C16H20N2O2. The molecule has 0 spiro atoms. The van der Waals surface area contributed by atoms with Gasteiger partial charge in [0.1, 0.15) is 24.7 Å². The molecule has 0 saturated heterocycles. The third-order valence-electron chi connectivity index (χ3n) is 2.94. The van der Waals surface area contributed by atoms with Crippen molar-refractivity contribution in [3.63, 3.8) is 0 Å². The topological polar surface area (TPSA) is 70.5 Å². The van der Waals surface area contributed by atoms with Crippen molar-refractivity contribution in [3.05, 3.63) is 59.7 Å². The maximum Gasteiger partial charge on any atom is 0.122 e. The van der Waals surface area contributed by atoms with Crippen molar-refractivity contribution >= 4 is 0 Å². The van der Waals surface area contributed by atoms with E-state index < -0.39 is 0 Å². The van der Waals surface area contributed by atoms with Gasteiger partial charge in [0.15, 0.2) is 0 Å². The maximum absolute atomic E-state index is 5.59. The van der Waals surface area contributed by atoms with Gasteiger partial charge in [-0.05, 0) is 35.4 Å². The first-order valence-electron chi connectivity index (χ1n) is 6.65. The minimum atomic E-state index is 0.501. The molecule has 0 radical (unpaired) electrons. The van der Waals surface area contributed by atoms with Gasteiger partial charge in [0.05, 0.1) is 0 Å². The highest BCUT2D eigenvalue weighted by Crippen LogP contribution is 2.13. The zero-order valence-electron chi connectivity index (χ0n) is 11.4. The van der Waals surface area contributed by atoms with Crippen LogP contribution in [0, 0.1) is 0 Å². The Labute approximate surface area is 119 Å². The maximum atomic E-state index is 5.59. The molecule has 106 valence electrons. The van der Waals surface area contributed by atoms with Crippen LogP contribution in [0.2, 0.25) is 0 Å². The molecule has 0 aliphatic heterocycles. The fraction of sp³-hybridized carbons (Fsp3) is 0.250. The van der Waals surface area contributed by atoms with E-state index in [4.69, 9.17) is 20.9 Å². The number of hydrogen-bond donors (Lipinski definition) is 2. The quantitative estimate of drug-likeness (QED) is 0.757. The van der Waals surface area contributed by atoms with Crippen molar-refractivity contribution in [2.75, 3.05) is 13.2 Å². The lowest BCUT2D eigenvalue weighted by Gasteiger charge is -2.09. The number of hydrogen-bond acceptors (Lipinski definition) is 4. The highest BCUT2D eigenvalue weighted by molar-refractivity contribution is 5.28. The lowest BCUT2D eigenvalue weighted by Crippen LogP contribution is -2.09. The Kier molecular flexibility index (Phi) is 5.41. The van der Waals surface area contributed by atoms with Gasteiger partial charge in [0, 0.05) is 13.1 Å². The predicted molar refractivity (Wildman–Crippen MR) is 79.7 cm³/mol. The second-order valence-corrected chi connectivity index (χ2v) is 4.39. The molecule has 0 unspecified atom stereocenters. The van der Waals surface area contributed by atoms with Gasteiger partial charge in [-0.15, -0.1) is 0 Å². The summed E-state index contributed by atoms with van der Waals surface area (Å²) in [7, 11) is 0. The van der Waals surface area contributed by atoms with E-state index in [1.54, 1.807) is 0 Å². The van der Waals surface area contributed by atoms with Crippen molar-refractivity contribution in [3.8, 4) is 11.5 Å². The Bertz CT molecular complexity index is 460. The summed E-state index contributed by atoms with van der Waals surface area (Å²) in [6.07, 6.45) is 0. The lowest BCUT2D eigenvalue weighted by atomic mass is 10.2. The molecule has 0 fully saturated rings. The number of rotatable bonds is 7. The van der Waals surface area contributed by atoms with Gasteiger partial charge < -0.3 is 20.9 Å². The van der Waals surface area contributed by atoms with E-state index in [0.29, 0.717) is 26.3 Å². The normalized spacial score (nSPS) is 10.3. The largest absolute Gasteiger partial charge is 0.490 e. The Balaban J connectivity index is 1.72. The van der Waals surface area contributed by atoms with Gasteiger partial charge in [-0.3, -0.25) is 0 Å². The summed E-state index contributed by atoms with van der Waals surface area (Å²) in [5, 5.41) is 0. The lowest BCUT2D eigenvalue weighted by molar-refractivity contribution is 0.217. The van der Waals surface area contributed by atoms with Gasteiger partial charge in [-0.2, -0.15) is 0 Å². The zero-order valence-corrected chi connectivity index (χ0v) is 11.4. The SMILES string of the molecule is NCc1ccc(OCCOc2ccc(CN)cc2)cc1. The Hall–Kier alpha value is -2.04. The fourth-order valence-electron chi connectivity index (χ4n) is 1.76. The standard InChI is InChI=1S/C16H20N2O2/c17-11-13-1-5-15(6-2-13)19-9-10-20-16-7-3-14(12-18)4-8-16/h1-8H,9-12,17-18H2. The molecular weight excluding hydrogens is 252 g/mol.